The van der Waals surface area contributed by atoms with E-state index in [0.29, 0.717) is 67.5 Å². The van der Waals surface area contributed by atoms with E-state index in [1.807, 2.05) is 23.7 Å². The van der Waals surface area contributed by atoms with Gasteiger partial charge in [-0.2, -0.15) is 10.6 Å². The first-order valence-corrected chi connectivity index (χ1v) is 17.4. The van der Waals surface area contributed by atoms with Gasteiger partial charge >= 0.3 is 0 Å². The molecule has 5 rings (SSSR count). The van der Waals surface area contributed by atoms with E-state index in [1.165, 1.54) is 11.3 Å². The molecule has 2 aromatic heterocycles. The first-order chi connectivity index (χ1) is 18.0. The van der Waals surface area contributed by atoms with Crippen molar-refractivity contribution >= 4 is 48.8 Å². The molecular formula is C26H35N3O6S3. The van der Waals surface area contributed by atoms with Crippen LogP contribution in [0.25, 0.3) is 22.0 Å². The fourth-order valence-corrected chi connectivity index (χ4v) is 9.48. The van der Waals surface area contributed by atoms with E-state index in [-0.39, 0.29) is 23.8 Å². The highest BCUT2D eigenvalue weighted by Gasteiger charge is 2.28. The van der Waals surface area contributed by atoms with Gasteiger partial charge in [0.1, 0.15) is 0 Å². The van der Waals surface area contributed by atoms with Crippen molar-refractivity contribution in [3.05, 3.63) is 45.8 Å². The number of thiophene rings is 1. The van der Waals surface area contributed by atoms with Crippen LogP contribution in [0.5, 0.6) is 0 Å². The van der Waals surface area contributed by atoms with E-state index in [4.69, 9.17) is 5.73 Å². The van der Waals surface area contributed by atoms with Gasteiger partial charge < -0.3 is 15.8 Å². The van der Waals surface area contributed by atoms with Crippen molar-refractivity contribution < 1.29 is 27.4 Å². The number of fused-ring (bicyclic) bond motifs is 1. The number of H-pyrrole nitrogens is 1. The van der Waals surface area contributed by atoms with Crippen LogP contribution >= 0.6 is 21.9 Å². The Morgan fingerprint density at radius 1 is 1.08 bits per heavy atom. The van der Waals surface area contributed by atoms with E-state index in [1.54, 1.807) is 6.07 Å². The van der Waals surface area contributed by atoms with Crippen LogP contribution in [0.1, 0.15) is 65.2 Å². The number of aliphatic hydroxyl groups is 1. The van der Waals surface area contributed by atoms with Gasteiger partial charge in [0.25, 0.3) is 5.91 Å². The number of aromatic amines is 1. The van der Waals surface area contributed by atoms with Gasteiger partial charge in [-0.25, -0.2) is 13.1 Å². The predicted molar refractivity (Wildman–Crippen MR) is 154 cm³/mol. The molecule has 1 saturated carbocycles. The summed E-state index contributed by atoms with van der Waals surface area (Å²) in [4.78, 5) is 16.5. The number of primary amides is 1. The number of amides is 1. The second-order valence-electron chi connectivity index (χ2n) is 10.5. The molecule has 1 amide bonds. The maximum atomic E-state index is 12.6. The number of aryl methyl sites for hydroxylation is 1. The van der Waals surface area contributed by atoms with Crippen molar-refractivity contribution in [3.8, 4) is 11.1 Å². The van der Waals surface area contributed by atoms with Crippen LogP contribution in [-0.4, -0.2) is 62.9 Å². The Hall–Kier alpha value is -1.93. The number of carbonyl (C=O) groups excluding carboxylic acids is 1. The average molecular weight is 582 g/mol. The number of benzene rings is 1. The number of sulfonamides is 1. The Bertz CT molecular complexity index is 1410. The number of nitrogens with two attached hydrogens (primary N) is 1. The van der Waals surface area contributed by atoms with E-state index < -0.39 is 26.5 Å². The number of nitrogens with one attached hydrogen (secondary N) is 2. The Balaban J connectivity index is 1.34. The smallest absolute Gasteiger partial charge is 0.250 e. The largest absolute Gasteiger partial charge is 0.393 e. The topological polar surface area (TPSA) is 166 Å². The summed E-state index contributed by atoms with van der Waals surface area (Å²) < 4.78 is 48.1. The Labute approximate surface area is 228 Å². The highest BCUT2D eigenvalue weighted by atomic mass is 32.3. The van der Waals surface area contributed by atoms with Crippen LogP contribution in [0.3, 0.4) is 0 Å². The molecule has 0 bridgehead atoms. The van der Waals surface area contributed by atoms with Gasteiger partial charge in [0, 0.05) is 34.0 Å². The predicted octanol–water partition coefficient (Wildman–Crippen LogP) is 4.39. The zero-order valence-corrected chi connectivity index (χ0v) is 23.5. The SMILES string of the molecule is NC(=O)c1cc(-c2csc(CCS(=O)(=O)NC3CCC(O)CC3)c2)cc2c(C3CCS(O)(O)CC3)c[nH]c12. The Morgan fingerprint density at radius 3 is 2.47 bits per heavy atom. The van der Waals surface area contributed by atoms with Gasteiger partial charge in [0.2, 0.25) is 10.0 Å². The number of carbonyl (C=O) groups is 1. The van der Waals surface area contributed by atoms with E-state index in [2.05, 4.69) is 9.71 Å². The van der Waals surface area contributed by atoms with Crippen LogP contribution in [0.2, 0.25) is 0 Å². The number of hydrogen-bond donors (Lipinski definition) is 6. The fraction of sp³-hybridized carbons (Fsp3) is 0.500. The minimum Gasteiger partial charge on any atom is -0.393 e. The molecule has 3 heterocycles. The van der Waals surface area contributed by atoms with Crippen LogP contribution in [0.4, 0.5) is 0 Å². The molecule has 7 N–H and O–H groups in total. The van der Waals surface area contributed by atoms with Crippen LogP contribution < -0.4 is 10.5 Å². The number of rotatable bonds is 8. The molecule has 9 nitrogen and oxygen atoms in total. The normalized spacial score (nSPS) is 23.4. The molecule has 2 fully saturated rings. The van der Waals surface area contributed by atoms with Crippen molar-refractivity contribution in [1.82, 2.24) is 9.71 Å². The molecule has 1 aromatic carbocycles. The summed E-state index contributed by atoms with van der Waals surface area (Å²) in [7, 11) is -5.94. The summed E-state index contributed by atoms with van der Waals surface area (Å²) in [5.41, 5.74) is 9.56. The first-order valence-electron chi connectivity index (χ1n) is 12.9. The minimum absolute atomic E-state index is 0.0135. The third-order valence-electron chi connectivity index (χ3n) is 7.76. The second kappa shape index (κ2) is 10.9. The number of aromatic nitrogens is 1. The zero-order chi connectivity index (χ0) is 27.1. The van der Waals surface area contributed by atoms with Gasteiger partial charge in [-0.15, -0.1) is 11.3 Å². The molecule has 0 radical (unpaired) electrons. The van der Waals surface area contributed by atoms with E-state index in [9.17, 15) is 27.4 Å². The number of hydrogen-bond acceptors (Lipinski definition) is 7. The van der Waals surface area contributed by atoms with Crippen molar-refractivity contribution in [2.24, 2.45) is 5.73 Å². The van der Waals surface area contributed by atoms with Crippen molar-refractivity contribution in [3.63, 3.8) is 0 Å². The third kappa shape index (κ3) is 6.27. The molecule has 1 saturated heterocycles. The lowest BCUT2D eigenvalue weighted by Gasteiger charge is -2.39. The zero-order valence-electron chi connectivity index (χ0n) is 21.1. The lowest BCUT2D eigenvalue weighted by Crippen LogP contribution is -2.39. The van der Waals surface area contributed by atoms with Gasteiger partial charge in [-0.1, -0.05) is 0 Å². The van der Waals surface area contributed by atoms with Crippen LogP contribution in [-0.2, 0) is 16.4 Å². The summed E-state index contributed by atoms with van der Waals surface area (Å²) in [6, 6.07) is 5.64. The van der Waals surface area contributed by atoms with Gasteiger partial charge in [0.05, 0.1) is 22.9 Å². The lowest BCUT2D eigenvalue weighted by molar-refractivity contribution is 0.100. The quantitative estimate of drug-likeness (QED) is 0.231. The highest BCUT2D eigenvalue weighted by molar-refractivity contribution is 8.24. The summed E-state index contributed by atoms with van der Waals surface area (Å²) in [6.45, 7) is 0. The maximum absolute atomic E-state index is 12.6. The molecule has 12 heteroatoms. The molecule has 38 heavy (non-hydrogen) atoms. The molecule has 0 atom stereocenters. The Morgan fingerprint density at radius 2 is 1.79 bits per heavy atom. The van der Waals surface area contributed by atoms with E-state index in [0.717, 1.165) is 27.0 Å². The summed E-state index contributed by atoms with van der Waals surface area (Å²) in [5.74, 6) is 0.358. The molecule has 0 spiro atoms. The molecule has 1 aliphatic heterocycles. The van der Waals surface area contributed by atoms with Crippen molar-refractivity contribution in [2.45, 2.75) is 63.0 Å². The summed E-state index contributed by atoms with van der Waals surface area (Å²) in [6.07, 6.45) is 5.81. The third-order valence-corrected chi connectivity index (χ3v) is 12.0. The van der Waals surface area contributed by atoms with Gasteiger partial charge in [-0.3, -0.25) is 13.9 Å². The lowest BCUT2D eigenvalue weighted by atomic mass is 9.91. The molecule has 0 unspecified atom stereocenters. The number of aliphatic hydroxyl groups excluding tert-OH is 1. The first kappa shape index (κ1) is 27.6. The average Bonchev–Trinajstić information content (AvgIpc) is 3.51. The van der Waals surface area contributed by atoms with Crippen LogP contribution in [0.15, 0.2) is 29.8 Å². The van der Waals surface area contributed by atoms with E-state index >= 15 is 0 Å². The van der Waals surface area contributed by atoms with Crippen molar-refractivity contribution in [1.29, 1.82) is 0 Å². The van der Waals surface area contributed by atoms with Gasteiger partial charge in [0.15, 0.2) is 0 Å². The summed E-state index contributed by atoms with van der Waals surface area (Å²) >= 11 is 1.48. The molecule has 3 aromatic rings. The maximum Gasteiger partial charge on any atom is 0.250 e. The molecule has 2 aliphatic rings. The second-order valence-corrected chi connectivity index (χ2v) is 15.8. The monoisotopic (exact) mass is 581 g/mol. The fourth-order valence-electron chi connectivity index (χ4n) is 5.58. The minimum atomic E-state index is -3.44. The van der Waals surface area contributed by atoms with Crippen LogP contribution in [0, 0.1) is 0 Å². The molecule has 1 aliphatic carbocycles. The van der Waals surface area contributed by atoms with Gasteiger partial charge in [-0.05, 0) is 91.1 Å². The summed E-state index contributed by atoms with van der Waals surface area (Å²) in [5, 5.41) is 12.5. The highest BCUT2D eigenvalue weighted by Crippen LogP contribution is 2.49. The Kier molecular flexibility index (Phi) is 7.94. The van der Waals surface area contributed by atoms with Crippen molar-refractivity contribution in [2.75, 3.05) is 17.3 Å². The molecule has 208 valence electrons. The molecular weight excluding hydrogens is 547 g/mol. The standard InChI is InChI=1S/C26H35N3O6S3/c27-26(31)23-13-17(12-22-24(14-28-25(22)23)16-5-8-37(32,33)9-6-16)18-11-21(36-15-18)7-10-38(34,35)29-19-1-3-20(30)4-2-19/h11-16,19-20,28-30,32-33H,1-10H2,(H2,27,31).